The lowest BCUT2D eigenvalue weighted by atomic mass is 9.75. The van der Waals surface area contributed by atoms with Gasteiger partial charge in [-0.15, -0.1) is 0 Å². The Morgan fingerprint density at radius 1 is 1.18 bits per heavy atom. The van der Waals surface area contributed by atoms with Crippen molar-refractivity contribution in [3.05, 3.63) is 47.7 Å². The number of esters is 1. The Morgan fingerprint density at radius 3 is 2.50 bits per heavy atom. The van der Waals surface area contributed by atoms with Crippen molar-refractivity contribution in [2.24, 2.45) is 5.92 Å². The number of carbonyl (C=O) groups is 2. The van der Waals surface area contributed by atoms with Gasteiger partial charge in [0.05, 0.1) is 14.2 Å². The molecule has 0 spiro atoms. The molecule has 1 aromatic rings. The van der Waals surface area contributed by atoms with Gasteiger partial charge in [-0.25, -0.2) is 4.79 Å². The highest BCUT2D eigenvalue weighted by atomic mass is 16.6. The summed E-state index contributed by atoms with van der Waals surface area (Å²) in [5, 5.41) is 0. The van der Waals surface area contributed by atoms with E-state index in [9.17, 15) is 9.59 Å². The molecule has 4 nitrogen and oxygen atoms in total. The predicted octanol–water partition coefficient (Wildman–Crippen LogP) is 3.23. The summed E-state index contributed by atoms with van der Waals surface area (Å²) in [6, 6.07) is 9.77. The van der Waals surface area contributed by atoms with Crippen molar-refractivity contribution in [1.82, 2.24) is 0 Å². The van der Waals surface area contributed by atoms with Crippen LogP contribution in [0.2, 0.25) is 0 Å². The van der Waals surface area contributed by atoms with E-state index in [1.807, 2.05) is 30.3 Å². The maximum absolute atomic E-state index is 12.3. The van der Waals surface area contributed by atoms with Gasteiger partial charge in [-0.2, -0.15) is 0 Å². The van der Waals surface area contributed by atoms with Gasteiger partial charge in [-0.1, -0.05) is 36.8 Å². The fourth-order valence-corrected chi connectivity index (χ4v) is 2.99. The van der Waals surface area contributed by atoms with Crippen molar-refractivity contribution in [3.63, 3.8) is 0 Å². The lowest BCUT2D eigenvalue weighted by Crippen LogP contribution is -2.25. The average molecular weight is 302 g/mol. The van der Waals surface area contributed by atoms with E-state index in [0.717, 1.165) is 24.8 Å². The Balaban J connectivity index is 2.39. The van der Waals surface area contributed by atoms with Crippen LogP contribution in [0.15, 0.2) is 42.2 Å². The highest BCUT2D eigenvalue weighted by Gasteiger charge is 2.31. The van der Waals surface area contributed by atoms with E-state index >= 15 is 0 Å². The zero-order valence-electron chi connectivity index (χ0n) is 13.1. The zero-order valence-corrected chi connectivity index (χ0v) is 13.1. The minimum absolute atomic E-state index is 0.106. The van der Waals surface area contributed by atoms with E-state index in [-0.39, 0.29) is 23.4 Å². The largest absolute Gasteiger partial charge is 0.490 e. The number of ether oxygens (including phenoxy) is 2. The fourth-order valence-electron chi connectivity index (χ4n) is 2.99. The van der Waals surface area contributed by atoms with Gasteiger partial charge in [0.15, 0.2) is 0 Å². The van der Waals surface area contributed by atoms with Gasteiger partial charge < -0.3 is 9.47 Å². The van der Waals surface area contributed by atoms with Gasteiger partial charge in [0.25, 0.3) is 0 Å². The van der Waals surface area contributed by atoms with Crippen LogP contribution in [0.3, 0.4) is 0 Å². The van der Waals surface area contributed by atoms with E-state index in [1.54, 1.807) is 6.08 Å². The number of ketones is 1. The molecule has 0 radical (unpaired) electrons. The van der Waals surface area contributed by atoms with Crippen LogP contribution in [0, 0.1) is 5.92 Å². The molecule has 0 unspecified atom stereocenters. The molecule has 22 heavy (non-hydrogen) atoms. The zero-order chi connectivity index (χ0) is 15.9. The smallest absolute Gasteiger partial charge is 0.372 e. The van der Waals surface area contributed by atoms with E-state index in [0.29, 0.717) is 6.42 Å². The molecule has 2 atom stereocenters. The Kier molecular flexibility index (Phi) is 5.75. The van der Waals surface area contributed by atoms with Crippen molar-refractivity contribution >= 4 is 11.8 Å². The van der Waals surface area contributed by atoms with Crippen LogP contribution in [0.5, 0.6) is 0 Å². The van der Waals surface area contributed by atoms with E-state index in [1.165, 1.54) is 14.2 Å². The molecule has 0 aliphatic heterocycles. The van der Waals surface area contributed by atoms with E-state index in [4.69, 9.17) is 9.47 Å². The molecule has 0 heterocycles. The van der Waals surface area contributed by atoms with E-state index < -0.39 is 5.97 Å². The summed E-state index contributed by atoms with van der Waals surface area (Å²) in [4.78, 5) is 24.1. The summed E-state index contributed by atoms with van der Waals surface area (Å²) in [6.45, 7) is 0. The van der Waals surface area contributed by atoms with Crippen LogP contribution in [-0.2, 0) is 19.1 Å². The number of hydrogen-bond acceptors (Lipinski definition) is 4. The first-order chi connectivity index (χ1) is 10.7. The molecule has 0 saturated heterocycles. The van der Waals surface area contributed by atoms with Crippen LogP contribution < -0.4 is 0 Å². The maximum Gasteiger partial charge on any atom is 0.372 e. The second kappa shape index (κ2) is 7.78. The number of methoxy groups -OCH3 is 2. The van der Waals surface area contributed by atoms with Gasteiger partial charge in [-0.3, -0.25) is 4.79 Å². The summed E-state index contributed by atoms with van der Waals surface area (Å²) in [7, 11) is 2.76. The van der Waals surface area contributed by atoms with Crippen LogP contribution >= 0.6 is 0 Å². The maximum atomic E-state index is 12.3. The Bertz CT molecular complexity index is 547. The molecule has 1 aromatic carbocycles. The third-order valence-corrected chi connectivity index (χ3v) is 4.16. The normalized spacial score (nSPS) is 20.4. The quantitative estimate of drug-likeness (QED) is 0.476. The molecule has 0 bridgehead atoms. The highest BCUT2D eigenvalue weighted by molar-refractivity contribution is 5.87. The second-order valence-corrected chi connectivity index (χ2v) is 5.48. The fraction of sp³-hybridized carbons (Fsp3) is 0.444. The molecule has 1 saturated carbocycles. The molecule has 0 aromatic heterocycles. The average Bonchev–Trinajstić information content (AvgIpc) is 2.57. The SMILES string of the molecule is COC(=O)/C(=C/[C@@H](c1ccccc1)[C@@H]1CCCCC1=O)OC. The van der Waals surface area contributed by atoms with Crippen LogP contribution in [0.1, 0.15) is 37.2 Å². The molecular formula is C18H22O4. The monoisotopic (exact) mass is 302 g/mol. The van der Waals surface area contributed by atoms with Crippen molar-refractivity contribution in [1.29, 1.82) is 0 Å². The first-order valence-electron chi connectivity index (χ1n) is 7.59. The van der Waals surface area contributed by atoms with Gasteiger partial charge in [-0.05, 0) is 24.5 Å². The molecule has 118 valence electrons. The van der Waals surface area contributed by atoms with Gasteiger partial charge in [0, 0.05) is 18.3 Å². The van der Waals surface area contributed by atoms with Crippen molar-refractivity contribution < 1.29 is 19.1 Å². The van der Waals surface area contributed by atoms with Crippen LogP contribution in [0.4, 0.5) is 0 Å². The lowest BCUT2D eigenvalue weighted by molar-refractivity contribution is -0.139. The van der Waals surface area contributed by atoms with Crippen LogP contribution in [-0.4, -0.2) is 26.0 Å². The molecule has 1 aliphatic rings. The molecule has 4 heteroatoms. The molecule has 0 N–H and O–H groups in total. The molecule has 1 aliphatic carbocycles. The number of allylic oxidation sites excluding steroid dienone is 1. The summed E-state index contributed by atoms with van der Waals surface area (Å²) in [6.07, 6.45) is 5.17. The molecular weight excluding hydrogens is 280 g/mol. The molecule has 2 rings (SSSR count). The third-order valence-electron chi connectivity index (χ3n) is 4.16. The summed E-state index contributed by atoms with van der Waals surface area (Å²) in [5.74, 6) is -0.382. The standard InChI is InChI=1S/C18H22O4/c1-21-17(18(20)22-2)12-15(13-8-4-3-5-9-13)14-10-6-7-11-16(14)19/h3-5,8-9,12,14-15H,6-7,10-11H2,1-2H3/b17-12-/t14-,15-/m0/s1. The van der Waals surface area contributed by atoms with E-state index in [2.05, 4.69) is 0 Å². The third kappa shape index (κ3) is 3.75. The minimum Gasteiger partial charge on any atom is -0.490 e. The molecule has 1 fully saturated rings. The van der Waals surface area contributed by atoms with Gasteiger partial charge in [0.1, 0.15) is 5.78 Å². The second-order valence-electron chi connectivity index (χ2n) is 5.48. The van der Waals surface area contributed by atoms with Crippen molar-refractivity contribution in [2.75, 3.05) is 14.2 Å². The van der Waals surface area contributed by atoms with Crippen molar-refractivity contribution in [2.45, 2.75) is 31.6 Å². The number of hydrogen-bond donors (Lipinski definition) is 0. The first-order valence-corrected chi connectivity index (χ1v) is 7.59. The minimum atomic E-state index is -0.522. The topological polar surface area (TPSA) is 52.6 Å². The lowest BCUT2D eigenvalue weighted by Gasteiger charge is -2.27. The van der Waals surface area contributed by atoms with Gasteiger partial charge in [0.2, 0.25) is 5.76 Å². The number of carbonyl (C=O) groups excluding carboxylic acids is 2. The van der Waals surface area contributed by atoms with Gasteiger partial charge >= 0.3 is 5.97 Å². The number of benzene rings is 1. The van der Waals surface area contributed by atoms with Crippen molar-refractivity contribution in [3.8, 4) is 0 Å². The first kappa shape index (κ1) is 16.3. The summed E-state index contributed by atoms with van der Waals surface area (Å²) >= 11 is 0. The molecule has 0 amide bonds. The number of rotatable bonds is 5. The predicted molar refractivity (Wildman–Crippen MR) is 83.3 cm³/mol. The van der Waals surface area contributed by atoms with Crippen LogP contribution in [0.25, 0.3) is 0 Å². The number of Topliss-reactive ketones (excluding diaryl/α,β-unsaturated/α-hetero) is 1. The Hall–Kier alpha value is -2.10. The summed E-state index contributed by atoms with van der Waals surface area (Å²) < 4.78 is 9.89. The highest BCUT2D eigenvalue weighted by Crippen LogP contribution is 2.35. The summed E-state index contributed by atoms with van der Waals surface area (Å²) in [5.41, 5.74) is 1.02. The Morgan fingerprint density at radius 2 is 1.91 bits per heavy atom. The Labute approximate surface area is 131 Å².